The Hall–Kier alpha value is -3.17. The predicted octanol–water partition coefficient (Wildman–Crippen LogP) is 3.48. The molecule has 1 aliphatic heterocycles. The van der Waals surface area contributed by atoms with Gasteiger partial charge in [-0.3, -0.25) is 0 Å². The number of nitrogens with two attached hydrogens (primary N) is 1. The van der Waals surface area contributed by atoms with Crippen molar-refractivity contribution in [1.82, 2.24) is 19.8 Å². The highest BCUT2D eigenvalue weighted by Crippen LogP contribution is 2.40. The topological polar surface area (TPSA) is 86.0 Å². The molecule has 9 heteroatoms. The van der Waals surface area contributed by atoms with Crippen LogP contribution in [-0.2, 0) is 0 Å². The number of halogens is 1. The van der Waals surface area contributed by atoms with Gasteiger partial charge in [-0.15, -0.1) is 0 Å². The Bertz CT molecular complexity index is 1120. The smallest absolute Gasteiger partial charge is 0.230 e. The molecule has 0 aliphatic carbocycles. The molecule has 176 valence electrons. The SMILES string of the molecule is COc1c(OCCCN2CCN(C)CC2)cc2ncnc(Oc3ccc(N)cc3F)c2c1C. The van der Waals surface area contributed by atoms with Crippen LogP contribution in [0.15, 0.2) is 30.6 Å². The van der Waals surface area contributed by atoms with Crippen LogP contribution < -0.4 is 19.9 Å². The van der Waals surface area contributed by atoms with Gasteiger partial charge in [0.15, 0.2) is 23.1 Å². The average Bonchev–Trinajstić information content (AvgIpc) is 2.80. The maximum absolute atomic E-state index is 14.3. The first-order valence-electron chi connectivity index (χ1n) is 11.0. The molecule has 8 nitrogen and oxygen atoms in total. The van der Waals surface area contributed by atoms with Crippen molar-refractivity contribution in [2.45, 2.75) is 13.3 Å². The molecule has 2 N–H and O–H groups in total. The minimum atomic E-state index is -0.563. The summed E-state index contributed by atoms with van der Waals surface area (Å²) in [5.41, 5.74) is 7.34. The zero-order valence-electron chi connectivity index (χ0n) is 19.3. The van der Waals surface area contributed by atoms with Crippen LogP contribution in [-0.4, -0.2) is 73.3 Å². The van der Waals surface area contributed by atoms with E-state index in [0.717, 1.165) is 44.7 Å². The third-order valence-electron chi connectivity index (χ3n) is 5.89. The number of likely N-dealkylation sites (N-methyl/N-ethyl adjacent to an activating group) is 1. The molecular formula is C24H30FN5O3. The van der Waals surface area contributed by atoms with Gasteiger partial charge in [0.2, 0.25) is 5.88 Å². The van der Waals surface area contributed by atoms with E-state index in [2.05, 4.69) is 26.8 Å². The fourth-order valence-corrected chi connectivity index (χ4v) is 4.02. The number of methoxy groups -OCH3 is 1. The summed E-state index contributed by atoms with van der Waals surface area (Å²) < 4.78 is 31.8. The van der Waals surface area contributed by atoms with E-state index in [1.165, 1.54) is 18.5 Å². The Morgan fingerprint density at radius 2 is 1.88 bits per heavy atom. The summed E-state index contributed by atoms with van der Waals surface area (Å²) in [4.78, 5) is 13.4. The van der Waals surface area contributed by atoms with Gasteiger partial charge >= 0.3 is 0 Å². The van der Waals surface area contributed by atoms with Gasteiger partial charge in [-0.05, 0) is 32.5 Å². The van der Waals surface area contributed by atoms with E-state index in [0.29, 0.717) is 34.7 Å². The second kappa shape index (κ2) is 10.2. The van der Waals surface area contributed by atoms with Gasteiger partial charge in [-0.1, -0.05) is 0 Å². The van der Waals surface area contributed by atoms with Crippen LogP contribution in [0, 0.1) is 12.7 Å². The molecule has 0 radical (unpaired) electrons. The first kappa shape index (κ1) is 23.0. The molecule has 1 fully saturated rings. The van der Waals surface area contributed by atoms with Gasteiger partial charge in [-0.25, -0.2) is 14.4 Å². The Kier molecular flexibility index (Phi) is 7.10. The van der Waals surface area contributed by atoms with Crippen LogP contribution in [0.2, 0.25) is 0 Å². The summed E-state index contributed by atoms with van der Waals surface area (Å²) in [5, 5.41) is 0.635. The highest BCUT2D eigenvalue weighted by atomic mass is 19.1. The molecule has 0 bridgehead atoms. The lowest BCUT2D eigenvalue weighted by Crippen LogP contribution is -2.44. The zero-order valence-corrected chi connectivity index (χ0v) is 19.3. The molecule has 1 aliphatic rings. The van der Waals surface area contributed by atoms with Crippen molar-refractivity contribution in [2.75, 3.05) is 59.2 Å². The van der Waals surface area contributed by atoms with Crippen molar-refractivity contribution >= 4 is 16.6 Å². The number of aryl methyl sites for hydroxylation is 1. The van der Waals surface area contributed by atoms with E-state index < -0.39 is 5.82 Å². The third-order valence-corrected chi connectivity index (χ3v) is 5.89. The Balaban J connectivity index is 1.52. The number of hydrogen-bond donors (Lipinski definition) is 1. The van der Waals surface area contributed by atoms with E-state index in [4.69, 9.17) is 19.9 Å². The van der Waals surface area contributed by atoms with Crippen molar-refractivity contribution in [3.05, 3.63) is 42.0 Å². The van der Waals surface area contributed by atoms with E-state index >= 15 is 0 Å². The first-order valence-corrected chi connectivity index (χ1v) is 11.0. The maximum atomic E-state index is 14.3. The predicted molar refractivity (Wildman–Crippen MR) is 126 cm³/mol. The summed E-state index contributed by atoms with van der Waals surface area (Å²) >= 11 is 0. The molecule has 2 heterocycles. The van der Waals surface area contributed by atoms with Crippen LogP contribution in [0.25, 0.3) is 10.9 Å². The zero-order chi connectivity index (χ0) is 23.4. The molecular weight excluding hydrogens is 425 g/mol. The minimum absolute atomic E-state index is 0.0341. The first-order chi connectivity index (χ1) is 16.0. The van der Waals surface area contributed by atoms with E-state index in [1.54, 1.807) is 13.2 Å². The second-order valence-corrected chi connectivity index (χ2v) is 8.24. The van der Waals surface area contributed by atoms with Crippen molar-refractivity contribution in [3.8, 4) is 23.1 Å². The monoisotopic (exact) mass is 455 g/mol. The summed E-state index contributed by atoms with van der Waals surface area (Å²) in [6.07, 6.45) is 2.30. The lowest BCUT2D eigenvalue weighted by Gasteiger charge is -2.32. The summed E-state index contributed by atoms with van der Waals surface area (Å²) in [6.45, 7) is 7.82. The molecule has 0 saturated carbocycles. The van der Waals surface area contributed by atoms with E-state index in [1.807, 2.05) is 13.0 Å². The van der Waals surface area contributed by atoms with Crippen molar-refractivity contribution in [3.63, 3.8) is 0 Å². The Labute approximate surface area is 193 Å². The minimum Gasteiger partial charge on any atom is -0.493 e. The lowest BCUT2D eigenvalue weighted by molar-refractivity contribution is 0.145. The van der Waals surface area contributed by atoms with E-state index in [-0.39, 0.29) is 11.6 Å². The van der Waals surface area contributed by atoms with Crippen LogP contribution in [0.4, 0.5) is 10.1 Å². The summed E-state index contributed by atoms with van der Waals surface area (Å²) in [6, 6.07) is 6.07. The molecule has 0 spiro atoms. The van der Waals surface area contributed by atoms with Gasteiger partial charge in [0.25, 0.3) is 0 Å². The highest BCUT2D eigenvalue weighted by Gasteiger charge is 2.19. The lowest BCUT2D eigenvalue weighted by atomic mass is 10.1. The van der Waals surface area contributed by atoms with Crippen molar-refractivity contribution < 1.29 is 18.6 Å². The molecule has 0 atom stereocenters. The number of nitrogen functional groups attached to an aromatic ring is 1. The number of ether oxygens (including phenoxy) is 3. The maximum Gasteiger partial charge on any atom is 0.230 e. The summed E-state index contributed by atoms with van der Waals surface area (Å²) in [7, 11) is 3.75. The van der Waals surface area contributed by atoms with Gasteiger partial charge in [0.1, 0.15) is 6.33 Å². The molecule has 2 aromatic carbocycles. The second-order valence-electron chi connectivity index (χ2n) is 8.24. The van der Waals surface area contributed by atoms with Crippen LogP contribution >= 0.6 is 0 Å². The number of piperazine rings is 1. The quantitative estimate of drug-likeness (QED) is 0.408. The Morgan fingerprint density at radius 3 is 2.61 bits per heavy atom. The molecule has 3 aromatic rings. The molecule has 1 aromatic heterocycles. The fourth-order valence-electron chi connectivity index (χ4n) is 4.02. The number of rotatable bonds is 8. The number of fused-ring (bicyclic) bond motifs is 1. The molecule has 1 saturated heterocycles. The largest absolute Gasteiger partial charge is 0.493 e. The summed E-state index contributed by atoms with van der Waals surface area (Å²) in [5.74, 6) is 0.906. The van der Waals surface area contributed by atoms with Gasteiger partial charge in [0, 0.05) is 56.1 Å². The van der Waals surface area contributed by atoms with E-state index in [9.17, 15) is 4.39 Å². The molecule has 0 amide bonds. The molecule has 0 unspecified atom stereocenters. The number of anilines is 1. The van der Waals surface area contributed by atoms with Crippen LogP contribution in [0.3, 0.4) is 0 Å². The number of aromatic nitrogens is 2. The van der Waals surface area contributed by atoms with Gasteiger partial charge in [0.05, 0.1) is 24.6 Å². The highest BCUT2D eigenvalue weighted by molar-refractivity contribution is 5.90. The average molecular weight is 456 g/mol. The Morgan fingerprint density at radius 1 is 1.09 bits per heavy atom. The standard InChI is InChI=1S/C24H30FN5O3/c1-16-22-19(27-15-28-24(22)33-20-6-5-17(26)13-18(20)25)14-21(23(16)31-3)32-12-4-7-30-10-8-29(2)9-11-30/h5-6,13-15H,4,7-12,26H2,1-3H3. The van der Waals surface area contributed by atoms with Crippen LogP contribution in [0.5, 0.6) is 23.1 Å². The van der Waals surface area contributed by atoms with Gasteiger partial charge in [-0.2, -0.15) is 0 Å². The number of nitrogens with zero attached hydrogens (tertiary/aromatic N) is 4. The fraction of sp³-hybridized carbons (Fsp3) is 0.417. The molecule has 33 heavy (non-hydrogen) atoms. The normalized spacial score (nSPS) is 15.0. The van der Waals surface area contributed by atoms with Crippen LogP contribution in [0.1, 0.15) is 12.0 Å². The van der Waals surface area contributed by atoms with Crippen molar-refractivity contribution in [1.29, 1.82) is 0 Å². The van der Waals surface area contributed by atoms with Gasteiger partial charge < -0.3 is 29.7 Å². The number of benzene rings is 2. The number of hydrogen-bond acceptors (Lipinski definition) is 8. The molecule has 4 rings (SSSR count). The van der Waals surface area contributed by atoms with Crippen molar-refractivity contribution in [2.24, 2.45) is 0 Å². The third kappa shape index (κ3) is 5.26.